The van der Waals surface area contributed by atoms with Gasteiger partial charge in [0.15, 0.2) is 0 Å². The van der Waals surface area contributed by atoms with E-state index in [0.29, 0.717) is 57.2 Å². The number of carbonyl (C=O) groups is 12. The largest absolute Gasteiger partial charge is 0.417 e. The summed E-state index contributed by atoms with van der Waals surface area (Å²) in [6.07, 6.45) is -2.16. The summed E-state index contributed by atoms with van der Waals surface area (Å²) >= 11 is 6.13. The minimum Gasteiger partial charge on any atom is -0.343 e. The molecule has 28 heteroatoms. The van der Waals surface area contributed by atoms with E-state index in [1.807, 2.05) is 39.8 Å². The molecule has 0 radical (unpaired) electrons. The van der Waals surface area contributed by atoms with E-state index >= 15 is 14.4 Å². The first-order valence-corrected chi connectivity index (χ1v) is 34.5. The number of carbonyl (C=O) groups excluding carboxylic acids is 12. The molecule has 542 valence electrons. The van der Waals surface area contributed by atoms with Crippen LogP contribution < -0.4 is 16.0 Å². The summed E-state index contributed by atoms with van der Waals surface area (Å²) in [5.74, 6) is -9.54. The number of aryl methyl sites for hydroxylation is 2. The fraction of sp³-hybridized carbons (Fsp3) is 0.657. The first kappa shape index (κ1) is 79.1. The highest BCUT2D eigenvalue weighted by molar-refractivity contribution is 6.31. The average Bonchev–Trinajstić information content (AvgIpc) is 1.55. The summed E-state index contributed by atoms with van der Waals surface area (Å²) in [6.45, 7) is 11.5. The zero-order chi connectivity index (χ0) is 73.0. The van der Waals surface area contributed by atoms with Crippen LogP contribution in [-0.2, 0) is 76.6 Å². The molecule has 8 atom stereocenters. The molecule has 24 nitrogen and oxygen atoms in total. The third-order valence-electron chi connectivity index (χ3n) is 19.9. The highest BCUT2D eigenvalue weighted by atomic mass is 35.5. The molecule has 2 aromatic rings. The molecule has 3 N–H and O–H groups in total. The fourth-order valence-corrected chi connectivity index (χ4v) is 13.9. The third kappa shape index (κ3) is 19.5. The Morgan fingerprint density at radius 3 is 1.82 bits per heavy atom. The fourth-order valence-electron chi connectivity index (χ4n) is 13.6. The average molecular weight is 1400 g/mol. The van der Waals surface area contributed by atoms with Gasteiger partial charge in [-0.1, -0.05) is 108 Å². The van der Waals surface area contributed by atoms with Crippen LogP contribution in [0, 0.1) is 24.7 Å². The molecule has 6 rings (SSSR count). The van der Waals surface area contributed by atoms with Gasteiger partial charge in [-0.2, -0.15) is 13.2 Å². The molecular weight excluding hydrogens is 1290 g/mol. The number of amides is 12. The number of likely N-dealkylation sites (N-methyl/N-ethyl adjacent to an activating group) is 7. The van der Waals surface area contributed by atoms with Crippen LogP contribution in [0.4, 0.5) is 13.2 Å². The van der Waals surface area contributed by atoms with Gasteiger partial charge in [0.1, 0.15) is 47.8 Å². The van der Waals surface area contributed by atoms with Crippen LogP contribution >= 0.6 is 11.6 Å². The van der Waals surface area contributed by atoms with Crippen molar-refractivity contribution in [1.82, 2.24) is 60.0 Å². The second-order valence-corrected chi connectivity index (χ2v) is 28.5. The zero-order valence-corrected chi connectivity index (χ0v) is 60.1. The van der Waals surface area contributed by atoms with Crippen LogP contribution in [0.1, 0.15) is 141 Å². The molecule has 3 heterocycles. The molecule has 4 aliphatic rings. The van der Waals surface area contributed by atoms with Crippen molar-refractivity contribution in [3.63, 3.8) is 0 Å². The highest BCUT2D eigenvalue weighted by Crippen LogP contribution is 2.37. The van der Waals surface area contributed by atoms with Crippen LogP contribution in [0.15, 0.2) is 42.5 Å². The number of benzene rings is 2. The van der Waals surface area contributed by atoms with Crippen molar-refractivity contribution in [3.05, 3.63) is 69.7 Å². The van der Waals surface area contributed by atoms with Gasteiger partial charge in [-0.05, 0) is 106 Å². The Kier molecular flexibility index (Phi) is 27.7. The molecule has 0 aromatic heterocycles. The van der Waals surface area contributed by atoms with Gasteiger partial charge in [-0.15, -0.1) is 0 Å². The quantitative estimate of drug-likeness (QED) is 0.277. The molecule has 3 saturated heterocycles. The van der Waals surface area contributed by atoms with Gasteiger partial charge in [0.2, 0.25) is 70.9 Å². The highest BCUT2D eigenvalue weighted by Gasteiger charge is 2.51. The first-order chi connectivity index (χ1) is 45.9. The van der Waals surface area contributed by atoms with Gasteiger partial charge in [0.25, 0.3) is 0 Å². The molecule has 3 aliphatic heterocycles. The minimum absolute atomic E-state index is 0.0153. The first-order valence-electron chi connectivity index (χ1n) is 34.1. The van der Waals surface area contributed by atoms with Crippen molar-refractivity contribution >= 4 is 82.5 Å². The van der Waals surface area contributed by atoms with E-state index in [0.717, 1.165) is 37.3 Å². The van der Waals surface area contributed by atoms with Crippen molar-refractivity contribution in [2.45, 2.75) is 192 Å². The Morgan fingerprint density at radius 2 is 1.23 bits per heavy atom. The Labute approximate surface area is 579 Å². The summed E-state index contributed by atoms with van der Waals surface area (Å²) in [4.78, 5) is 188. The van der Waals surface area contributed by atoms with E-state index in [-0.39, 0.29) is 63.0 Å². The van der Waals surface area contributed by atoms with Crippen LogP contribution in [0.3, 0.4) is 0 Å². The predicted molar refractivity (Wildman–Crippen MR) is 361 cm³/mol. The number of hydrogen-bond donors (Lipinski definition) is 3. The monoisotopic (exact) mass is 1390 g/mol. The van der Waals surface area contributed by atoms with Gasteiger partial charge in [0.05, 0.1) is 36.6 Å². The summed E-state index contributed by atoms with van der Waals surface area (Å²) in [5.41, 5.74) is -0.850. The van der Waals surface area contributed by atoms with Crippen LogP contribution in [0.2, 0.25) is 5.02 Å². The third-order valence-corrected chi connectivity index (χ3v) is 20.2. The number of halogens is 4. The zero-order valence-electron chi connectivity index (χ0n) is 59.4. The van der Waals surface area contributed by atoms with Gasteiger partial charge in [-0.3, -0.25) is 57.5 Å². The van der Waals surface area contributed by atoms with E-state index in [9.17, 15) is 56.3 Å². The van der Waals surface area contributed by atoms with Gasteiger partial charge in [-0.25, -0.2) is 0 Å². The second kappa shape index (κ2) is 34.3. The number of nitrogens with one attached hydrogen (secondary N) is 3. The minimum atomic E-state index is -4.77. The maximum atomic E-state index is 15.4. The van der Waals surface area contributed by atoms with Crippen LogP contribution in [-0.4, -0.2) is 251 Å². The summed E-state index contributed by atoms with van der Waals surface area (Å²) in [5, 5.41) is 8.01. The Bertz CT molecular complexity index is 3250. The van der Waals surface area contributed by atoms with Crippen molar-refractivity contribution in [2.75, 3.05) is 88.6 Å². The van der Waals surface area contributed by atoms with Crippen molar-refractivity contribution < 1.29 is 70.7 Å². The maximum absolute atomic E-state index is 15.4. The Balaban J connectivity index is 1.42. The van der Waals surface area contributed by atoms with Gasteiger partial charge >= 0.3 is 6.18 Å². The van der Waals surface area contributed by atoms with Crippen LogP contribution in [0.25, 0.3) is 0 Å². The van der Waals surface area contributed by atoms with Crippen molar-refractivity contribution in [1.29, 1.82) is 0 Å². The second-order valence-electron chi connectivity index (χ2n) is 28.1. The molecule has 4 fully saturated rings. The molecule has 0 unspecified atom stereocenters. The lowest BCUT2D eigenvalue weighted by molar-refractivity contribution is -0.156. The number of fused-ring (bicyclic) bond motifs is 1. The normalized spacial score (nSPS) is 24.9. The number of nitrogens with zero attached hydrogens (tertiary/aromatic N) is 9. The lowest BCUT2D eigenvalue weighted by Gasteiger charge is -2.41. The molecule has 1 aliphatic carbocycles. The van der Waals surface area contributed by atoms with E-state index in [2.05, 4.69) is 16.0 Å². The summed E-state index contributed by atoms with van der Waals surface area (Å²) < 4.78 is 41.5. The topological polar surface area (TPSA) is 270 Å². The van der Waals surface area contributed by atoms with Gasteiger partial charge in [0, 0.05) is 75.4 Å². The standard InChI is InChI=1S/C70H102ClF3N12O12/c1-15-45(7)59-66(96)80(10)40-57(89)78(8)41-58(90)82(12)53(37-47-24-22-44(6)23-25-47)64(94)79(9)39-55(87)75-50(29-27-46-26-28-48(49(71)36-46)70(72,73)74)63(93)86-34-20-21-51(86)62(92)77-69(30-16-17-31-69)68(98)84(14)60(43(4)5)67(97)83(13)54(65(95)85-32-18-19-33-85)38-56(88)81(11)52(35-42(2)3)61(91)76-59/h22-26,28,36,42-43,45,50-54,59-60H,15-21,27,29-35,37-41H2,1-14H3,(H,75,87)(H,76,91)(H,77,92)/t45-,50-,51-,52-,53-,54-,59-,60-/m0/s1. The molecule has 1 saturated carbocycles. The predicted octanol–water partition coefficient (Wildman–Crippen LogP) is 4.69. The van der Waals surface area contributed by atoms with Crippen molar-refractivity contribution in [2.24, 2.45) is 17.8 Å². The number of likely N-dealkylation sites (tertiary alicyclic amines) is 1. The van der Waals surface area contributed by atoms with Crippen LogP contribution in [0.5, 0.6) is 0 Å². The molecule has 1 spiro atoms. The SMILES string of the molecule is CC[C@H](C)[C@@H]1NC(=O)[C@H](CC(C)C)N(C)C(=O)C[C@@H](C(=O)N2CCCC2)N(C)C(=O)[C@H](C(C)C)N(C)C(=O)C2(CCCC2)NC(=O)[C@@H]2CCCN2C(=O)[C@H](CCc2ccc(C(F)(F)F)c(Cl)c2)NC(=O)CN(C)C(=O)[C@H](Cc2ccc(C)cc2)N(C)C(=O)CN(C)C(=O)CN(C)C1=O. The lowest BCUT2D eigenvalue weighted by atomic mass is 9.91. The Hall–Kier alpha value is -7.84. The van der Waals surface area contributed by atoms with Gasteiger partial charge < -0.3 is 60.0 Å². The van der Waals surface area contributed by atoms with E-state index < -0.39 is 173 Å². The van der Waals surface area contributed by atoms with Crippen molar-refractivity contribution in [3.8, 4) is 0 Å². The number of hydrogen-bond acceptors (Lipinski definition) is 12. The Morgan fingerprint density at radius 1 is 0.643 bits per heavy atom. The van der Waals surface area contributed by atoms with E-state index in [1.165, 1.54) is 75.0 Å². The molecular formula is C70H102ClF3N12O12. The maximum Gasteiger partial charge on any atom is 0.417 e. The molecule has 12 amide bonds. The molecule has 98 heavy (non-hydrogen) atoms. The molecule has 2 aromatic carbocycles. The molecule has 0 bridgehead atoms. The van der Waals surface area contributed by atoms with E-state index in [4.69, 9.17) is 11.6 Å². The summed E-state index contributed by atoms with van der Waals surface area (Å²) in [7, 11) is 9.65. The smallest absolute Gasteiger partial charge is 0.343 e. The summed E-state index contributed by atoms with van der Waals surface area (Å²) in [6, 6.07) is 1.24. The van der Waals surface area contributed by atoms with E-state index in [1.54, 1.807) is 37.8 Å². The number of alkyl halides is 3. The number of rotatable bonds is 11. The lowest BCUT2D eigenvalue weighted by Crippen LogP contribution is -2.65.